The van der Waals surface area contributed by atoms with Crippen LogP contribution in [-0.4, -0.2) is 209 Å². The molecular formula is C88H104N4O20S2. The predicted octanol–water partition coefficient (Wildman–Crippen LogP) is 9.91. The fourth-order valence-electron chi connectivity index (χ4n) is 11.6. The highest BCUT2D eigenvalue weighted by atomic mass is 32.1. The average molecular weight is 1600 g/mol. The molecule has 10 rings (SSSR count). The Morgan fingerprint density at radius 1 is 0.333 bits per heavy atom. The maximum absolute atomic E-state index is 13.4. The maximum atomic E-state index is 13.4. The minimum absolute atomic E-state index is 0.0131. The van der Waals surface area contributed by atoms with Crippen LogP contribution in [0.4, 0.5) is 0 Å². The number of aliphatic hydroxyl groups excluding tert-OH is 6. The number of fused-ring (bicyclic) bond motifs is 1. The molecule has 1 heterocycles. The fraction of sp³-hybridized carbons (Fsp3) is 0.341. The lowest BCUT2D eigenvalue weighted by atomic mass is 10.0. The van der Waals surface area contributed by atoms with Crippen LogP contribution in [-0.2, 0) is 110 Å². The Bertz CT molecular complexity index is 4110. The van der Waals surface area contributed by atoms with Gasteiger partial charge in [-0.15, -0.1) is 5.06 Å². The standard InChI is InChI=1S/C45H46N2O8S.C37H43NO6S.C6H15NO6/c1-46(2)45(56)54-31-39(50-27-33-17-7-3-8-18-33)41(52-29-35-21-11-5-12-22-35)42(53-30-36-23-13-6-14-24-36)40(51-28-34-19-9-4-10-20-34)32-55-47-43(48)37-25-15-16-26-38(37)44(47)49;1-38(2)37(45)44-28-34(41-25-30-17-9-4-10-18-30)36(43-27-32-21-13-6-14-22-32)35(42-26-31-19-11-5-12-20-31)33(23-39)40-24-29-15-7-3-8-16-29;7-13-2-4(10)6(12)5(11)3(9)1-8/h3-26,39-42H,27-32H2,1-2H3;3-22,33-36,39H,23-28H2,1-2H3;3-6,8-12H,1-2,7H2/t39-,40-,41-,42-;33-,34-,35-,36-;3-,4-,5-,6-/m111/s1. The van der Waals surface area contributed by atoms with Crippen molar-refractivity contribution in [2.75, 3.05) is 67.8 Å². The van der Waals surface area contributed by atoms with Gasteiger partial charge >= 0.3 is 0 Å². The summed E-state index contributed by atoms with van der Waals surface area (Å²) in [6.07, 6.45) is -12.5. The highest BCUT2D eigenvalue weighted by Crippen LogP contribution is 2.29. The molecule has 0 spiro atoms. The summed E-state index contributed by atoms with van der Waals surface area (Å²) in [6.45, 7) is 0.448. The SMILES string of the molecule is CN(C)C(=S)OC[C@@H](OCc1ccccc1)[C@@H](OCc1ccccc1)[C@H](OCc1ccccc1)[C@@H](CO)OCc1ccccc1.CN(C)C(=S)OC[C@@H](OCc1ccccc1)[C@@H](OCc1ccccc1)[C@H](OCc1ccccc1)[C@@H](CON1C(=O)c2ccccc2C1=O)OCc1ccccc1.NOC[C@@H](O)[C@@H](O)[C@H](O)[C@H](O)CO. The maximum Gasteiger partial charge on any atom is 0.285 e. The topological polar surface area (TPSA) is 302 Å². The van der Waals surface area contributed by atoms with Crippen molar-refractivity contribution in [2.45, 2.75) is 126 Å². The smallest absolute Gasteiger partial charge is 0.285 e. The van der Waals surface area contributed by atoms with E-state index >= 15 is 0 Å². The van der Waals surface area contributed by atoms with Crippen LogP contribution in [0.15, 0.2) is 267 Å². The summed E-state index contributed by atoms with van der Waals surface area (Å²) in [6, 6.07) is 85.2. The number of carbonyl (C=O) groups excluding carboxylic acids is 2. The molecule has 114 heavy (non-hydrogen) atoms. The van der Waals surface area contributed by atoms with E-state index in [1.807, 2.05) is 257 Å². The van der Waals surface area contributed by atoms with Crippen molar-refractivity contribution >= 4 is 46.6 Å². The van der Waals surface area contributed by atoms with Crippen molar-refractivity contribution in [3.8, 4) is 0 Å². The first-order chi connectivity index (χ1) is 55.4. The number of hydrogen-bond acceptors (Lipinski definition) is 23. The molecule has 1 aliphatic heterocycles. The minimum Gasteiger partial charge on any atom is -0.468 e. The summed E-state index contributed by atoms with van der Waals surface area (Å²) in [7, 11) is 7.27. The zero-order valence-electron chi connectivity index (χ0n) is 64.4. The number of nitrogens with two attached hydrogens (primary N) is 1. The van der Waals surface area contributed by atoms with Gasteiger partial charge in [0.2, 0.25) is 0 Å². The molecule has 0 aliphatic carbocycles. The summed E-state index contributed by atoms with van der Waals surface area (Å²) in [5.74, 6) is 3.50. The summed E-state index contributed by atoms with van der Waals surface area (Å²) >= 11 is 11.0. The van der Waals surface area contributed by atoms with Crippen LogP contribution in [0.3, 0.4) is 0 Å². The van der Waals surface area contributed by atoms with Crippen molar-refractivity contribution in [3.63, 3.8) is 0 Å². The molecule has 8 N–H and O–H groups in total. The van der Waals surface area contributed by atoms with Crippen molar-refractivity contribution < 1.29 is 97.3 Å². The second-order valence-electron chi connectivity index (χ2n) is 26.9. The summed E-state index contributed by atoms with van der Waals surface area (Å²) in [4.78, 5) is 40.4. The van der Waals surface area contributed by atoms with Gasteiger partial charge in [0.05, 0.1) is 83.8 Å². The van der Waals surface area contributed by atoms with Crippen molar-refractivity contribution in [2.24, 2.45) is 5.90 Å². The van der Waals surface area contributed by atoms with Crippen LogP contribution in [0.2, 0.25) is 0 Å². The first kappa shape index (κ1) is 90.4. The molecule has 9 aromatic carbocycles. The second-order valence-corrected chi connectivity index (χ2v) is 27.6. The molecule has 9 aromatic rings. The molecular weight excluding hydrogens is 1500 g/mol. The Hall–Kier alpha value is -9.18. The second kappa shape index (κ2) is 50.2. The summed E-state index contributed by atoms with van der Waals surface area (Å²) < 4.78 is 65.5. The minimum atomic E-state index is -1.64. The Morgan fingerprint density at radius 2 is 0.570 bits per heavy atom. The van der Waals surface area contributed by atoms with Crippen LogP contribution in [0.5, 0.6) is 0 Å². The molecule has 0 saturated carbocycles. The number of amides is 2. The zero-order chi connectivity index (χ0) is 81.2. The predicted molar refractivity (Wildman–Crippen MR) is 436 cm³/mol. The normalized spacial score (nSPS) is 15.0. The molecule has 0 saturated heterocycles. The number of rotatable bonds is 44. The fourth-order valence-corrected chi connectivity index (χ4v) is 11.7. The Kier molecular flexibility index (Phi) is 39.8. The third kappa shape index (κ3) is 30.2. The third-order valence-corrected chi connectivity index (χ3v) is 18.8. The Labute approximate surface area is 677 Å². The van der Waals surface area contributed by atoms with E-state index in [1.54, 1.807) is 48.2 Å². The number of ether oxygens (including phenoxy) is 10. The average Bonchev–Trinajstić information content (AvgIpc) is 1.63. The largest absolute Gasteiger partial charge is 0.468 e. The lowest BCUT2D eigenvalue weighted by Gasteiger charge is -2.38. The van der Waals surface area contributed by atoms with Crippen molar-refractivity contribution in [1.29, 1.82) is 0 Å². The van der Waals surface area contributed by atoms with Gasteiger partial charge in [0.15, 0.2) is 0 Å². The van der Waals surface area contributed by atoms with E-state index in [0.29, 0.717) is 18.4 Å². The van der Waals surface area contributed by atoms with Crippen molar-refractivity contribution in [1.82, 2.24) is 14.9 Å². The van der Waals surface area contributed by atoms with E-state index in [2.05, 4.69) is 10.7 Å². The van der Waals surface area contributed by atoms with E-state index in [-0.39, 0.29) is 89.0 Å². The van der Waals surface area contributed by atoms with Crippen LogP contribution < -0.4 is 5.90 Å². The molecule has 0 aromatic heterocycles. The quantitative estimate of drug-likeness (QED) is 0.0106. The number of nitrogens with zero attached hydrogens (tertiary/aromatic N) is 3. The lowest BCUT2D eigenvalue weighted by Crippen LogP contribution is -2.53. The first-order valence-corrected chi connectivity index (χ1v) is 38.0. The Morgan fingerprint density at radius 3 is 0.825 bits per heavy atom. The highest BCUT2D eigenvalue weighted by molar-refractivity contribution is 7.80. The number of hydrogen-bond donors (Lipinski definition) is 7. The van der Waals surface area contributed by atoms with Gasteiger partial charge in [-0.2, -0.15) is 0 Å². The molecule has 0 unspecified atom stereocenters. The van der Waals surface area contributed by atoms with Gasteiger partial charge < -0.3 is 92.6 Å². The number of carbonyl (C=O) groups is 2. The zero-order valence-corrected chi connectivity index (χ0v) is 66.0. The van der Waals surface area contributed by atoms with Gasteiger partial charge in [-0.1, -0.05) is 255 Å². The van der Waals surface area contributed by atoms with Gasteiger partial charge in [0.1, 0.15) is 93.1 Å². The molecule has 1 aliphatic rings. The molecule has 26 heteroatoms. The van der Waals surface area contributed by atoms with Gasteiger partial charge in [0, 0.05) is 28.2 Å². The number of thiocarbonyl (C=S) groups is 2. The van der Waals surface area contributed by atoms with Gasteiger partial charge in [-0.05, 0) is 81.1 Å². The lowest BCUT2D eigenvalue weighted by molar-refractivity contribution is -0.217. The third-order valence-electron chi connectivity index (χ3n) is 17.9. The number of hydroxylamine groups is 2. The summed E-state index contributed by atoms with van der Waals surface area (Å²) in [5.41, 5.74) is 8.17. The van der Waals surface area contributed by atoms with E-state index in [9.17, 15) is 14.7 Å². The molecule has 2 amide bonds. The van der Waals surface area contributed by atoms with E-state index < -0.39 is 91.7 Å². The van der Waals surface area contributed by atoms with Gasteiger partial charge in [0.25, 0.3) is 22.2 Å². The number of aliphatic hydroxyl groups is 6. The highest BCUT2D eigenvalue weighted by Gasteiger charge is 2.44. The Balaban J connectivity index is 0.000000251. The monoisotopic (exact) mass is 1600 g/mol. The van der Waals surface area contributed by atoms with Crippen molar-refractivity contribution in [3.05, 3.63) is 323 Å². The molecule has 0 fully saturated rings. The van der Waals surface area contributed by atoms with E-state index in [4.69, 9.17) is 102 Å². The molecule has 12 atom stereocenters. The number of benzene rings is 9. The van der Waals surface area contributed by atoms with Gasteiger partial charge in [-0.3, -0.25) is 14.4 Å². The van der Waals surface area contributed by atoms with Crippen LogP contribution in [0.1, 0.15) is 65.2 Å². The van der Waals surface area contributed by atoms with Crippen LogP contribution >= 0.6 is 24.4 Å². The molecule has 24 nitrogen and oxygen atoms in total. The number of imide groups is 1. The summed E-state index contributed by atoms with van der Waals surface area (Å²) in [5, 5.41) is 56.6. The molecule has 0 bridgehead atoms. The molecule has 0 radical (unpaired) electrons. The van der Waals surface area contributed by atoms with Gasteiger partial charge in [-0.25, -0.2) is 5.90 Å². The molecule has 608 valence electrons. The van der Waals surface area contributed by atoms with E-state index in [1.165, 1.54) is 0 Å². The van der Waals surface area contributed by atoms with Crippen LogP contribution in [0.25, 0.3) is 0 Å². The van der Waals surface area contributed by atoms with Crippen LogP contribution in [0, 0.1) is 0 Å². The van der Waals surface area contributed by atoms with E-state index in [0.717, 1.165) is 49.6 Å². The first-order valence-electron chi connectivity index (χ1n) is 37.2.